The fourth-order valence-corrected chi connectivity index (χ4v) is 2.46. The van der Waals surface area contributed by atoms with Gasteiger partial charge in [-0.2, -0.15) is 0 Å². The number of para-hydroxylation sites is 1. The molecule has 0 saturated heterocycles. The normalized spacial score (nSPS) is 12.8. The summed E-state index contributed by atoms with van der Waals surface area (Å²) in [5, 5.41) is 12.0. The number of non-ortho nitro benzene ring substituents is 1. The van der Waals surface area contributed by atoms with Crippen LogP contribution in [0.2, 0.25) is 0 Å². The minimum Gasteiger partial charge on any atom is -0.342 e. The minimum atomic E-state index is -0.302. The summed E-state index contributed by atoms with van der Waals surface area (Å²) >= 11 is 0. The topological polar surface area (TPSA) is 48.1 Å². The van der Waals surface area contributed by atoms with E-state index in [-0.39, 0.29) is 10.6 Å². The molecular formula is C14H18N2O2. The van der Waals surface area contributed by atoms with Gasteiger partial charge in [-0.25, -0.2) is 0 Å². The number of fused-ring (bicyclic) bond motifs is 1. The van der Waals surface area contributed by atoms with Crippen LogP contribution in [0.15, 0.2) is 30.5 Å². The molecule has 0 spiro atoms. The number of nitro groups is 1. The van der Waals surface area contributed by atoms with Crippen molar-refractivity contribution in [1.82, 2.24) is 4.57 Å². The number of hydrogen-bond donors (Lipinski definition) is 0. The Labute approximate surface area is 106 Å². The summed E-state index contributed by atoms with van der Waals surface area (Å²) in [5.41, 5.74) is 0.937. The van der Waals surface area contributed by atoms with Gasteiger partial charge >= 0.3 is 0 Å². The van der Waals surface area contributed by atoms with E-state index < -0.39 is 0 Å². The van der Waals surface area contributed by atoms with E-state index in [1.54, 1.807) is 12.1 Å². The SMILES string of the molecule is CCCC(C)Cn1ccc2cccc([N+](=O)[O-])c21. The quantitative estimate of drug-likeness (QED) is 0.591. The second-order valence-electron chi connectivity index (χ2n) is 4.83. The van der Waals surface area contributed by atoms with Crippen molar-refractivity contribution in [3.8, 4) is 0 Å². The smallest absolute Gasteiger partial charge is 0.293 e. The van der Waals surface area contributed by atoms with Crippen LogP contribution in [-0.4, -0.2) is 9.49 Å². The van der Waals surface area contributed by atoms with Gasteiger partial charge in [-0.3, -0.25) is 10.1 Å². The standard InChI is InChI=1S/C14H18N2O2/c1-3-5-11(2)10-15-9-8-12-6-4-7-13(14(12)15)16(17)18/h4,6-9,11H,3,5,10H2,1-2H3. The van der Waals surface area contributed by atoms with Gasteiger partial charge in [-0.1, -0.05) is 32.4 Å². The van der Waals surface area contributed by atoms with Crippen LogP contribution in [0.25, 0.3) is 10.9 Å². The Bertz CT molecular complexity index is 560. The van der Waals surface area contributed by atoms with Crippen molar-refractivity contribution in [3.05, 3.63) is 40.6 Å². The maximum atomic E-state index is 11.1. The van der Waals surface area contributed by atoms with E-state index in [1.807, 2.05) is 22.9 Å². The Morgan fingerprint density at radius 2 is 2.17 bits per heavy atom. The van der Waals surface area contributed by atoms with E-state index in [0.717, 1.165) is 30.3 Å². The van der Waals surface area contributed by atoms with E-state index >= 15 is 0 Å². The highest BCUT2D eigenvalue weighted by Gasteiger charge is 2.16. The molecule has 96 valence electrons. The zero-order valence-corrected chi connectivity index (χ0v) is 10.8. The van der Waals surface area contributed by atoms with E-state index in [0.29, 0.717) is 5.92 Å². The maximum Gasteiger partial charge on any atom is 0.293 e. The summed E-state index contributed by atoms with van der Waals surface area (Å²) in [6, 6.07) is 7.17. The van der Waals surface area contributed by atoms with Gasteiger partial charge in [0.1, 0.15) is 5.52 Å². The summed E-state index contributed by atoms with van der Waals surface area (Å²) < 4.78 is 2.01. The molecule has 0 fully saturated rings. The van der Waals surface area contributed by atoms with E-state index in [9.17, 15) is 10.1 Å². The van der Waals surface area contributed by atoms with E-state index in [1.165, 1.54) is 0 Å². The van der Waals surface area contributed by atoms with Crippen molar-refractivity contribution in [2.75, 3.05) is 0 Å². The van der Waals surface area contributed by atoms with Gasteiger partial charge in [0.05, 0.1) is 4.92 Å². The van der Waals surface area contributed by atoms with Gasteiger partial charge in [0.15, 0.2) is 0 Å². The van der Waals surface area contributed by atoms with Crippen LogP contribution >= 0.6 is 0 Å². The molecular weight excluding hydrogens is 228 g/mol. The third kappa shape index (κ3) is 2.37. The first-order valence-electron chi connectivity index (χ1n) is 6.35. The van der Waals surface area contributed by atoms with Crippen LogP contribution in [0, 0.1) is 16.0 Å². The zero-order valence-electron chi connectivity index (χ0n) is 10.8. The molecule has 0 aliphatic carbocycles. The molecule has 0 saturated carbocycles. The highest BCUT2D eigenvalue weighted by molar-refractivity contribution is 5.88. The van der Waals surface area contributed by atoms with Crippen LogP contribution < -0.4 is 0 Å². The van der Waals surface area contributed by atoms with Gasteiger partial charge in [0, 0.05) is 24.2 Å². The molecule has 1 aromatic carbocycles. The molecule has 4 nitrogen and oxygen atoms in total. The maximum absolute atomic E-state index is 11.1. The Morgan fingerprint density at radius 3 is 2.83 bits per heavy atom. The molecule has 4 heteroatoms. The second kappa shape index (κ2) is 5.21. The largest absolute Gasteiger partial charge is 0.342 e. The van der Waals surface area contributed by atoms with Crippen molar-refractivity contribution in [1.29, 1.82) is 0 Å². The van der Waals surface area contributed by atoms with Gasteiger partial charge in [0.25, 0.3) is 5.69 Å². The summed E-state index contributed by atoms with van der Waals surface area (Å²) in [4.78, 5) is 10.8. The van der Waals surface area contributed by atoms with Crippen LogP contribution in [0.5, 0.6) is 0 Å². The third-order valence-electron chi connectivity index (χ3n) is 3.25. The highest BCUT2D eigenvalue weighted by atomic mass is 16.6. The van der Waals surface area contributed by atoms with Crippen molar-refractivity contribution < 1.29 is 4.92 Å². The fraction of sp³-hybridized carbons (Fsp3) is 0.429. The minimum absolute atomic E-state index is 0.196. The number of benzene rings is 1. The average molecular weight is 246 g/mol. The molecule has 0 amide bonds. The molecule has 2 aromatic rings. The second-order valence-corrected chi connectivity index (χ2v) is 4.83. The molecule has 0 aliphatic rings. The van der Waals surface area contributed by atoms with Crippen LogP contribution in [0.3, 0.4) is 0 Å². The summed E-state index contributed by atoms with van der Waals surface area (Å²) in [5.74, 6) is 0.533. The summed E-state index contributed by atoms with van der Waals surface area (Å²) in [6.07, 6.45) is 4.23. The third-order valence-corrected chi connectivity index (χ3v) is 3.25. The lowest BCUT2D eigenvalue weighted by molar-refractivity contribution is -0.383. The average Bonchev–Trinajstić information content (AvgIpc) is 2.72. The molecule has 0 aliphatic heterocycles. The van der Waals surface area contributed by atoms with E-state index in [4.69, 9.17) is 0 Å². The molecule has 1 unspecified atom stereocenters. The monoisotopic (exact) mass is 246 g/mol. The Morgan fingerprint density at radius 1 is 1.39 bits per heavy atom. The predicted molar refractivity (Wildman–Crippen MR) is 72.7 cm³/mol. The molecule has 2 rings (SSSR count). The summed E-state index contributed by atoms with van der Waals surface area (Å²) in [7, 11) is 0. The zero-order chi connectivity index (χ0) is 13.1. The van der Waals surface area contributed by atoms with Crippen LogP contribution in [0.1, 0.15) is 26.7 Å². The number of hydrogen-bond acceptors (Lipinski definition) is 2. The van der Waals surface area contributed by atoms with Crippen molar-refractivity contribution in [2.24, 2.45) is 5.92 Å². The van der Waals surface area contributed by atoms with Crippen molar-refractivity contribution >= 4 is 16.6 Å². The molecule has 18 heavy (non-hydrogen) atoms. The van der Waals surface area contributed by atoms with E-state index in [2.05, 4.69) is 13.8 Å². The van der Waals surface area contributed by atoms with Gasteiger partial charge in [0.2, 0.25) is 0 Å². The molecule has 1 atom stereocenters. The molecule has 0 radical (unpaired) electrons. The molecule has 0 bridgehead atoms. The van der Waals surface area contributed by atoms with Crippen LogP contribution in [-0.2, 0) is 6.54 Å². The number of rotatable bonds is 5. The first-order chi connectivity index (χ1) is 8.63. The summed E-state index contributed by atoms with van der Waals surface area (Å²) in [6.45, 7) is 5.18. The lowest BCUT2D eigenvalue weighted by Gasteiger charge is -2.12. The lowest BCUT2D eigenvalue weighted by Crippen LogP contribution is -2.07. The fourth-order valence-electron chi connectivity index (χ4n) is 2.46. The van der Waals surface area contributed by atoms with Crippen LogP contribution in [0.4, 0.5) is 5.69 Å². The van der Waals surface area contributed by atoms with Gasteiger partial charge < -0.3 is 4.57 Å². The lowest BCUT2D eigenvalue weighted by atomic mass is 10.1. The number of nitrogens with zero attached hydrogens (tertiary/aromatic N) is 2. The molecule has 0 N–H and O–H groups in total. The van der Waals surface area contributed by atoms with Crippen molar-refractivity contribution in [3.63, 3.8) is 0 Å². The molecule has 1 heterocycles. The first-order valence-corrected chi connectivity index (χ1v) is 6.35. The number of aromatic nitrogens is 1. The van der Waals surface area contributed by atoms with Gasteiger partial charge in [-0.15, -0.1) is 0 Å². The Kier molecular flexibility index (Phi) is 3.65. The predicted octanol–water partition coefficient (Wildman–Crippen LogP) is 3.99. The Hall–Kier alpha value is -1.84. The highest BCUT2D eigenvalue weighted by Crippen LogP contribution is 2.27. The first kappa shape index (κ1) is 12.6. The molecule has 1 aromatic heterocycles. The van der Waals surface area contributed by atoms with Gasteiger partial charge in [-0.05, 0) is 18.4 Å². The van der Waals surface area contributed by atoms with Crippen molar-refractivity contribution in [2.45, 2.75) is 33.2 Å². The Balaban J connectivity index is 2.42. The number of nitro benzene ring substituents is 1.